The maximum atomic E-state index is 13.1. The highest BCUT2D eigenvalue weighted by Gasteiger charge is 2.32. The number of carbonyl (C=O) groups excluding carboxylic acids is 1. The Hall–Kier alpha value is -2.39. The molecule has 9 heteroatoms. The van der Waals surface area contributed by atoms with E-state index in [4.69, 9.17) is 4.74 Å². The van der Waals surface area contributed by atoms with Crippen molar-refractivity contribution in [3.63, 3.8) is 0 Å². The number of aromatic nitrogens is 2. The summed E-state index contributed by atoms with van der Waals surface area (Å²) in [7, 11) is 1.54. The van der Waals surface area contributed by atoms with E-state index >= 15 is 0 Å². The highest BCUT2D eigenvalue weighted by molar-refractivity contribution is 7.08. The van der Waals surface area contributed by atoms with Crippen LogP contribution in [0.15, 0.2) is 35.0 Å². The number of likely N-dealkylation sites (tertiary alicyclic amines) is 1. The monoisotopic (exact) mass is 437 g/mol. The smallest absolute Gasteiger partial charge is 0.377 e. The number of piperidine rings is 1. The lowest BCUT2D eigenvalue weighted by atomic mass is 10.0. The van der Waals surface area contributed by atoms with Crippen LogP contribution < -0.4 is 0 Å². The fourth-order valence-electron chi connectivity index (χ4n) is 4.02. The molecule has 160 valence electrons. The van der Waals surface area contributed by atoms with Crippen LogP contribution in [0, 0.1) is 0 Å². The van der Waals surface area contributed by atoms with Gasteiger partial charge in [0.25, 0.3) is 0 Å². The topological polar surface area (TPSA) is 47.4 Å². The molecular weight excluding hydrogens is 415 g/mol. The molecule has 0 bridgehead atoms. The molecule has 0 aliphatic carbocycles. The average molecular weight is 437 g/mol. The molecular formula is C21H22F3N3O2S. The number of alkyl halides is 3. The van der Waals surface area contributed by atoms with Crippen LogP contribution in [0.2, 0.25) is 0 Å². The van der Waals surface area contributed by atoms with E-state index in [-0.39, 0.29) is 18.6 Å². The Morgan fingerprint density at radius 2 is 2.03 bits per heavy atom. The van der Waals surface area contributed by atoms with Crippen LogP contribution in [0.1, 0.15) is 35.8 Å². The summed E-state index contributed by atoms with van der Waals surface area (Å²) in [5, 5.41) is 3.94. The first-order valence-electron chi connectivity index (χ1n) is 9.72. The second-order valence-corrected chi connectivity index (χ2v) is 8.23. The molecule has 1 aliphatic heterocycles. The van der Waals surface area contributed by atoms with Crippen LogP contribution in [-0.4, -0.2) is 40.6 Å². The molecule has 1 fully saturated rings. The molecule has 0 unspecified atom stereocenters. The van der Waals surface area contributed by atoms with Crippen LogP contribution in [0.4, 0.5) is 13.2 Å². The molecule has 3 aromatic rings. The summed E-state index contributed by atoms with van der Waals surface area (Å²) in [6.45, 7) is 1.44. The van der Waals surface area contributed by atoms with Crippen molar-refractivity contribution < 1.29 is 22.7 Å². The highest BCUT2D eigenvalue weighted by Crippen LogP contribution is 2.34. The van der Waals surface area contributed by atoms with E-state index < -0.39 is 11.7 Å². The summed E-state index contributed by atoms with van der Waals surface area (Å²) in [5.74, 6) is 0.712. The quantitative estimate of drug-likeness (QED) is 0.583. The average Bonchev–Trinajstić information content (AvgIpc) is 3.34. The number of amides is 1. The molecule has 1 saturated heterocycles. The third-order valence-electron chi connectivity index (χ3n) is 5.48. The zero-order valence-corrected chi connectivity index (χ0v) is 17.3. The van der Waals surface area contributed by atoms with Crippen LogP contribution in [0.5, 0.6) is 0 Å². The number of thiophene rings is 1. The fourth-order valence-corrected chi connectivity index (χ4v) is 4.69. The number of imidazole rings is 1. The number of hydrogen-bond acceptors (Lipinski definition) is 4. The van der Waals surface area contributed by atoms with E-state index in [1.807, 2.05) is 26.3 Å². The minimum absolute atomic E-state index is 0.0575. The summed E-state index contributed by atoms with van der Waals surface area (Å²) in [5.41, 5.74) is 1.29. The zero-order valence-electron chi connectivity index (χ0n) is 16.5. The van der Waals surface area contributed by atoms with Crippen LogP contribution in [0.3, 0.4) is 0 Å². The van der Waals surface area contributed by atoms with Gasteiger partial charge in [0.2, 0.25) is 5.91 Å². The third kappa shape index (κ3) is 4.22. The summed E-state index contributed by atoms with van der Waals surface area (Å²) < 4.78 is 46.5. The molecule has 0 N–H and O–H groups in total. The number of methoxy groups -OCH3 is 1. The molecule has 1 amide bonds. The van der Waals surface area contributed by atoms with Crippen molar-refractivity contribution in [1.82, 2.24) is 14.5 Å². The van der Waals surface area contributed by atoms with E-state index in [0.717, 1.165) is 30.5 Å². The Labute approximate surface area is 176 Å². The maximum absolute atomic E-state index is 13.1. The molecule has 5 nitrogen and oxygen atoms in total. The van der Waals surface area contributed by atoms with Crippen molar-refractivity contribution >= 4 is 28.3 Å². The number of benzene rings is 1. The van der Waals surface area contributed by atoms with Gasteiger partial charge in [0.15, 0.2) is 0 Å². The summed E-state index contributed by atoms with van der Waals surface area (Å²) in [6, 6.07) is 5.68. The summed E-state index contributed by atoms with van der Waals surface area (Å²) >= 11 is 1.57. The lowest BCUT2D eigenvalue weighted by Crippen LogP contribution is -2.40. The van der Waals surface area contributed by atoms with E-state index in [2.05, 4.69) is 4.98 Å². The number of ether oxygens (including phenoxy) is 1. The predicted octanol–water partition coefficient (Wildman–Crippen LogP) is 4.67. The first-order chi connectivity index (χ1) is 14.4. The normalized spacial score (nSPS) is 15.8. The number of halogens is 3. The standard InChI is InChI=1S/C21H22F3N3O2S/c1-29-12-19-25-17-11-15(21(22,23)24)2-3-18(17)27(19)16-4-7-26(8-5-16)20(28)10-14-6-9-30-13-14/h2-3,6,9,11,13,16H,4-5,7-8,10,12H2,1H3. The Morgan fingerprint density at radius 3 is 2.67 bits per heavy atom. The molecule has 0 atom stereocenters. The predicted molar refractivity (Wildman–Crippen MR) is 108 cm³/mol. The zero-order chi connectivity index (χ0) is 21.3. The molecule has 0 saturated carbocycles. The minimum atomic E-state index is -4.41. The number of hydrogen-bond donors (Lipinski definition) is 0. The molecule has 0 radical (unpaired) electrons. The number of carbonyl (C=O) groups is 1. The van der Waals surface area contributed by atoms with Gasteiger partial charge in [-0.25, -0.2) is 4.98 Å². The van der Waals surface area contributed by atoms with Crippen molar-refractivity contribution in [3.05, 3.63) is 52.0 Å². The number of nitrogens with zero attached hydrogens (tertiary/aromatic N) is 3. The first kappa shape index (κ1) is 20.9. The van der Waals surface area contributed by atoms with E-state index in [1.54, 1.807) is 11.3 Å². The molecule has 2 aromatic heterocycles. The van der Waals surface area contributed by atoms with Crippen molar-refractivity contribution in [2.45, 2.75) is 38.1 Å². The van der Waals surface area contributed by atoms with Gasteiger partial charge < -0.3 is 14.2 Å². The molecule has 1 aromatic carbocycles. The van der Waals surface area contributed by atoms with Gasteiger partial charge in [-0.05, 0) is 53.4 Å². The summed E-state index contributed by atoms with van der Waals surface area (Å²) in [6.07, 6.45) is -2.57. The minimum Gasteiger partial charge on any atom is -0.377 e. The van der Waals surface area contributed by atoms with Gasteiger partial charge >= 0.3 is 6.18 Å². The van der Waals surface area contributed by atoms with Gasteiger partial charge in [0.05, 0.1) is 23.0 Å². The van der Waals surface area contributed by atoms with Crippen molar-refractivity contribution in [3.8, 4) is 0 Å². The maximum Gasteiger partial charge on any atom is 0.416 e. The van der Waals surface area contributed by atoms with Gasteiger partial charge in [-0.15, -0.1) is 0 Å². The van der Waals surface area contributed by atoms with Gasteiger partial charge in [-0.2, -0.15) is 24.5 Å². The van der Waals surface area contributed by atoms with Crippen molar-refractivity contribution in [2.75, 3.05) is 20.2 Å². The molecule has 4 rings (SSSR count). The molecule has 3 heterocycles. The Bertz CT molecular complexity index is 1020. The number of rotatable bonds is 5. The fraction of sp³-hybridized carbons (Fsp3) is 0.429. The van der Waals surface area contributed by atoms with E-state index in [9.17, 15) is 18.0 Å². The van der Waals surface area contributed by atoms with E-state index in [0.29, 0.717) is 36.4 Å². The lowest BCUT2D eigenvalue weighted by Gasteiger charge is -2.33. The second kappa shape index (κ2) is 8.39. The van der Waals surface area contributed by atoms with Crippen molar-refractivity contribution in [2.24, 2.45) is 0 Å². The van der Waals surface area contributed by atoms with Crippen LogP contribution >= 0.6 is 11.3 Å². The van der Waals surface area contributed by atoms with Crippen LogP contribution in [0.25, 0.3) is 11.0 Å². The SMILES string of the molecule is COCc1nc2cc(C(F)(F)F)ccc2n1C1CCN(C(=O)Cc2ccsc2)CC1. The first-order valence-corrected chi connectivity index (χ1v) is 10.7. The van der Waals surface area contributed by atoms with Gasteiger partial charge in [0.1, 0.15) is 12.4 Å². The number of fused-ring (bicyclic) bond motifs is 1. The Morgan fingerprint density at radius 1 is 1.27 bits per heavy atom. The molecule has 0 spiro atoms. The Kier molecular flexibility index (Phi) is 5.84. The molecule has 1 aliphatic rings. The van der Waals surface area contributed by atoms with Gasteiger partial charge in [-0.3, -0.25) is 4.79 Å². The van der Waals surface area contributed by atoms with Crippen molar-refractivity contribution in [1.29, 1.82) is 0 Å². The summed E-state index contributed by atoms with van der Waals surface area (Å²) in [4.78, 5) is 18.8. The lowest BCUT2D eigenvalue weighted by molar-refractivity contribution is -0.137. The second-order valence-electron chi connectivity index (χ2n) is 7.45. The van der Waals surface area contributed by atoms with Gasteiger partial charge in [-0.1, -0.05) is 0 Å². The van der Waals surface area contributed by atoms with Crippen LogP contribution in [-0.2, 0) is 28.7 Å². The Balaban J connectivity index is 1.54. The molecule has 30 heavy (non-hydrogen) atoms. The highest BCUT2D eigenvalue weighted by atomic mass is 32.1. The van der Waals surface area contributed by atoms with E-state index in [1.165, 1.54) is 13.2 Å². The largest absolute Gasteiger partial charge is 0.416 e. The van der Waals surface area contributed by atoms with Gasteiger partial charge in [0, 0.05) is 26.2 Å². The third-order valence-corrected chi connectivity index (χ3v) is 6.21.